The predicted octanol–water partition coefficient (Wildman–Crippen LogP) is -0.847. The molecular weight excluding hydrogens is 198 g/mol. The lowest BCUT2D eigenvalue weighted by atomic mass is 10.0. The summed E-state index contributed by atoms with van der Waals surface area (Å²) in [5, 5.41) is 11.0. The van der Waals surface area contributed by atoms with Crippen molar-refractivity contribution in [3.05, 3.63) is 0 Å². The Labute approximate surface area is 88.4 Å². The summed E-state index contributed by atoms with van der Waals surface area (Å²) >= 11 is 0. The zero-order valence-corrected chi connectivity index (χ0v) is 8.82. The number of nitrogens with two attached hydrogens (primary N) is 1. The van der Waals surface area contributed by atoms with Gasteiger partial charge in [-0.15, -0.1) is 0 Å². The zero-order chi connectivity index (χ0) is 11.8. The van der Waals surface area contributed by atoms with Gasteiger partial charge in [-0.2, -0.15) is 5.26 Å². The highest BCUT2D eigenvalue weighted by Gasteiger charge is 2.20. The molecule has 0 spiro atoms. The molecule has 3 N–H and O–H groups in total. The fraction of sp³-hybridized carbons (Fsp3) is 0.667. The highest BCUT2D eigenvalue weighted by atomic mass is 16.5. The molecule has 2 amide bonds. The summed E-state index contributed by atoms with van der Waals surface area (Å²) in [6, 6.07) is 1.15. The molecular formula is C9H15N3O3. The lowest BCUT2D eigenvalue weighted by Crippen LogP contribution is -2.46. The summed E-state index contributed by atoms with van der Waals surface area (Å²) in [6.07, 6.45) is 0.210. The van der Waals surface area contributed by atoms with Crippen molar-refractivity contribution in [2.75, 3.05) is 13.7 Å². The number of carbonyl (C=O) groups is 2. The SMILES string of the molecule is COCC(=O)N[C@H](C[C@@H](C)C#N)C(N)=O. The summed E-state index contributed by atoms with van der Waals surface area (Å²) < 4.78 is 4.59. The summed E-state index contributed by atoms with van der Waals surface area (Å²) in [5.41, 5.74) is 5.08. The summed E-state index contributed by atoms with van der Waals surface area (Å²) in [6.45, 7) is 1.52. The molecule has 6 nitrogen and oxygen atoms in total. The normalized spacial score (nSPS) is 13.7. The van der Waals surface area contributed by atoms with E-state index in [1.165, 1.54) is 7.11 Å². The maximum atomic E-state index is 11.1. The first-order chi connectivity index (χ1) is 7.01. The number of methoxy groups -OCH3 is 1. The Morgan fingerprint density at radius 2 is 2.20 bits per heavy atom. The van der Waals surface area contributed by atoms with E-state index in [1.807, 2.05) is 6.07 Å². The maximum absolute atomic E-state index is 11.1. The number of amides is 2. The summed E-state index contributed by atoms with van der Waals surface area (Å²) in [4.78, 5) is 22.0. The van der Waals surface area contributed by atoms with Gasteiger partial charge in [-0.05, 0) is 13.3 Å². The fourth-order valence-electron chi connectivity index (χ4n) is 1.02. The van der Waals surface area contributed by atoms with Crippen LogP contribution in [0.15, 0.2) is 0 Å². The molecule has 0 aliphatic rings. The van der Waals surface area contributed by atoms with E-state index in [0.717, 1.165) is 0 Å². The third-order valence-electron chi connectivity index (χ3n) is 1.76. The van der Waals surface area contributed by atoms with Crippen molar-refractivity contribution in [2.24, 2.45) is 11.7 Å². The molecule has 84 valence electrons. The number of ether oxygens (including phenoxy) is 1. The van der Waals surface area contributed by atoms with Crippen molar-refractivity contribution in [3.63, 3.8) is 0 Å². The van der Waals surface area contributed by atoms with Gasteiger partial charge in [0.25, 0.3) is 0 Å². The van der Waals surface area contributed by atoms with Crippen LogP contribution >= 0.6 is 0 Å². The van der Waals surface area contributed by atoms with Crippen molar-refractivity contribution >= 4 is 11.8 Å². The van der Waals surface area contributed by atoms with Crippen molar-refractivity contribution in [2.45, 2.75) is 19.4 Å². The molecule has 0 heterocycles. The lowest BCUT2D eigenvalue weighted by molar-refractivity contribution is -0.129. The van der Waals surface area contributed by atoms with Gasteiger partial charge >= 0.3 is 0 Å². The van der Waals surface area contributed by atoms with Gasteiger partial charge < -0.3 is 15.8 Å². The molecule has 2 atom stereocenters. The van der Waals surface area contributed by atoms with Crippen LogP contribution in [0.5, 0.6) is 0 Å². The highest BCUT2D eigenvalue weighted by Crippen LogP contribution is 2.04. The molecule has 0 aromatic rings. The van der Waals surface area contributed by atoms with Crippen LogP contribution in [0.2, 0.25) is 0 Å². The maximum Gasteiger partial charge on any atom is 0.246 e. The number of rotatable bonds is 6. The first-order valence-corrected chi connectivity index (χ1v) is 4.48. The Hall–Kier alpha value is -1.61. The van der Waals surface area contributed by atoms with E-state index in [2.05, 4.69) is 10.1 Å². The summed E-state index contributed by atoms with van der Waals surface area (Å²) in [5.74, 6) is -1.42. The first kappa shape index (κ1) is 13.4. The third-order valence-corrected chi connectivity index (χ3v) is 1.76. The highest BCUT2D eigenvalue weighted by molar-refractivity contribution is 5.87. The van der Waals surface area contributed by atoms with Gasteiger partial charge in [0.15, 0.2) is 0 Å². The van der Waals surface area contributed by atoms with Crippen LogP contribution in [0.4, 0.5) is 0 Å². The molecule has 15 heavy (non-hydrogen) atoms. The van der Waals surface area contributed by atoms with Crippen molar-refractivity contribution in [1.82, 2.24) is 5.32 Å². The number of carbonyl (C=O) groups excluding carboxylic acids is 2. The van der Waals surface area contributed by atoms with E-state index >= 15 is 0 Å². The quantitative estimate of drug-likeness (QED) is 0.599. The second-order valence-corrected chi connectivity index (χ2v) is 3.22. The smallest absolute Gasteiger partial charge is 0.246 e. The van der Waals surface area contributed by atoms with Crippen LogP contribution in [-0.4, -0.2) is 31.6 Å². The van der Waals surface area contributed by atoms with E-state index in [4.69, 9.17) is 11.0 Å². The number of primary amides is 1. The number of nitrogens with one attached hydrogen (secondary N) is 1. The average Bonchev–Trinajstić information content (AvgIpc) is 2.16. The Bertz CT molecular complexity index is 272. The van der Waals surface area contributed by atoms with Crippen molar-refractivity contribution in [1.29, 1.82) is 5.26 Å². The van der Waals surface area contributed by atoms with E-state index in [1.54, 1.807) is 6.92 Å². The van der Waals surface area contributed by atoms with Crippen LogP contribution in [0.3, 0.4) is 0 Å². The van der Waals surface area contributed by atoms with Crippen LogP contribution in [0.1, 0.15) is 13.3 Å². The van der Waals surface area contributed by atoms with Crippen LogP contribution in [0, 0.1) is 17.2 Å². The standard InChI is InChI=1S/C9H15N3O3/c1-6(4-10)3-7(9(11)14)12-8(13)5-15-2/h6-7H,3,5H2,1-2H3,(H2,11,14)(H,12,13)/t6-,7-/m1/s1. The fourth-order valence-corrected chi connectivity index (χ4v) is 1.02. The Morgan fingerprint density at radius 3 is 2.60 bits per heavy atom. The summed E-state index contributed by atoms with van der Waals surface area (Å²) in [7, 11) is 1.37. The number of hydrogen-bond acceptors (Lipinski definition) is 4. The van der Waals surface area contributed by atoms with Gasteiger partial charge in [-0.25, -0.2) is 0 Å². The van der Waals surface area contributed by atoms with Gasteiger partial charge in [0, 0.05) is 13.0 Å². The van der Waals surface area contributed by atoms with Crippen molar-refractivity contribution in [3.8, 4) is 6.07 Å². The molecule has 0 aliphatic heterocycles. The van der Waals surface area contributed by atoms with Crippen molar-refractivity contribution < 1.29 is 14.3 Å². The minimum Gasteiger partial charge on any atom is -0.375 e. The molecule has 0 saturated carbocycles. The minimum atomic E-state index is -0.817. The second-order valence-electron chi connectivity index (χ2n) is 3.22. The van der Waals surface area contributed by atoms with E-state index < -0.39 is 17.9 Å². The van der Waals surface area contributed by atoms with Crippen LogP contribution in [-0.2, 0) is 14.3 Å². The van der Waals surface area contributed by atoms with Crippen LogP contribution < -0.4 is 11.1 Å². The molecule has 0 bridgehead atoms. The molecule has 0 saturated heterocycles. The zero-order valence-electron chi connectivity index (χ0n) is 8.82. The van der Waals surface area contributed by atoms with E-state index in [9.17, 15) is 9.59 Å². The van der Waals surface area contributed by atoms with Gasteiger partial charge in [0.1, 0.15) is 12.6 Å². The molecule has 0 aromatic heterocycles. The van der Waals surface area contributed by atoms with Gasteiger partial charge in [-0.3, -0.25) is 9.59 Å². The molecule has 0 aromatic carbocycles. The topological polar surface area (TPSA) is 105 Å². The Kier molecular flexibility index (Phi) is 6.06. The first-order valence-electron chi connectivity index (χ1n) is 4.48. The van der Waals surface area contributed by atoms with Gasteiger partial charge in [0.05, 0.1) is 6.07 Å². The monoisotopic (exact) mass is 213 g/mol. The predicted molar refractivity (Wildman–Crippen MR) is 52.4 cm³/mol. The molecule has 0 rings (SSSR count). The molecule has 0 fully saturated rings. The molecule has 0 radical (unpaired) electrons. The average molecular weight is 213 g/mol. The third kappa shape index (κ3) is 5.65. The largest absolute Gasteiger partial charge is 0.375 e. The van der Waals surface area contributed by atoms with Gasteiger partial charge in [0.2, 0.25) is 11.8 Å². The Morgan fingerprint density at radius 1 is 1.60 bits per heavy atom. The number of nitriles is 1. The van der Waals surface area contributed by atoms with Gasteiger partial charge in [-0.1, -0.05) is 0 Å². The minimum absolute atomic E-state index is 0.134. The van der Waals surface area contributed by atoms with E-state index in [0.29, 0.717) is 0 Å². The number of hydrogen-bond donors (Lipinski definition) is 2. The Balaban J connectivity index is 4.23. The second kappa shape index (κ2) is 6.79. The van der Waals surface area contributed by atoms with E-state index in [-0.39, 0.29) is 18.9 Å². The molecule has 0 unspecified atom stereocenters. The molecule has 0 aliphatic carbocycles. The molecule has 6 heteroatoms. The number of nitrogens with zero attached hydrogens (tertiary/aromatic N) is 1. The lowest BCUT2D eigenvalue weighted by Gasteiger charge is -2.15. The van der Waals surface area contributed by atoms with Crippen LogP contribution in [0.25, 0.3) is 0 Å².